The topological polar surface area (TPSA) is 47.9 Å². The quantitative estimate of drug-likeness (QED) is 0.861. The van der Waals surface area contributed by atoms with E-state index in [1.165, 1.54) is 13.2 Å². The second kappa shape index (κ2) is 5.31. The standard InChI is InChI=1S/C15H19FO4/c1-18-9-19-10-4-5-13(14(16)6-10)15(17)7-11-2-3-12(8-15)20-11/h4-6,11-12,17H,2-3,7-9H2,1H3. The summed E-state index contributed by atoms with van der Waals surface area (Å²) in [5.74, 6) is -0.0471. The molecule has 2 bridgehead atoms. The van der Waals surface area contributed by atoms with Crippen molar-refractivity contribution in [2.24, 2.45) is 0 Å². The second-order valence-corrected chi connectivity index (χ2v) is 5.59. The predicted molar refractivity (Wildman–Crippen MR) is 69.9 cm³/mol. The first-order chi connectivity index (χ1) is 9.60. The van der Waals surface area contributed by atoms with E-state index >= 15 is 0 Å². The molecular weight excluding hydrogens is 263 g/mol. The highest BCUT2D eigenvalue weighted by atomic mass is 19.1. The Labute approximate surface area is 117 Å². The third-order valence-electron chi connectivity index (χ3n) is 4.11. The zero-order valence-corrected chi connectivity index (χ0v) is 11.5. The Morgan fingerprint density at radius 2 is 2.05 bits per heavy atom. The van der Waals surface area contributed by atoms with Crippen molar-refractivity contribution in [3.05, 3.63) is 29.6 Å². The summed E-state index contributed by atoms with van der Waals surface area (Å²) in [6.07, 6.45) is 2.90. The molecule has 0 aromatic heterocycles. The predicted octanol–water partition coefficient (Wildman–Crippen LogP) is 2.34. The summed E-state index contributed by atoms with van der Waals surface area (Å²) in [6, 6.07) is 4.56. The summed E-state index contributed by atoms with van der Waals surface area (Å²) >= 11 is 0. The zero-order chi connectivity index (χ0) is 14.2. The third kappa shape index (κ3) is 2.53. The van der Waals surface area contributed by atoms with Gasteiger partial charge in [0.2, 0.25) is 0 Å². The van der Waals surface area contributed by atoms with Gasteiger partial charge in [-0.05, 0) is 25.0 Å². The van der Waals surface area contributed by atoms with Gasteiger partial charge in [0.1, 0.15) is 11.6 Å². The lowest BCUT2D eigenvalue weighted by Gasteiger charge is -2.37. The number of ether oxygens (including phenoxy) is 3. The Kier molecular flexibility index (Phi) is 3.67. The van der Waals surface area contributed by atoms with E-state index in [2.05, 4.69) is 0 Å². The number of methoxy groups -OCH3 is 1. The second-order valence-electron chi connectivity index (χ2n) is 5.59. The van der Waals surface area contributed by atoms with Crippen LogP contribution in [0.2, 0.25) is 0 Å². The summed E-state index contributed by atoms with van der Waals surface area (Å²) in [4.78, 5) is 0. The van der Waals surface area contributed by atoms with Crippen molar-refractivity contribution in [2.45, 2.75) is 43.5 Å². The van der Waals surface area contributed by atoms with Crippen LogP contribution in [0, 0.1) is 5.82 Å². The lowest BCUT2D eigenvalue weighted by molar-refractivity contribution is -0.116. The van der Waals surface area contributed by atoms with Crippen LogP contribution in [0.4, 0.5) is 4.39 Å². The Balaban J connectivity index is 1.82. The van der Waals surface area contributed by atoms with Crippen LogP contribution in [0.1, 0.15) is 31.2 Å². The molecule has 0 aliphatic carbocycles. The summed E-state index contributed by atoms with van der Waals surface area (Å²) in [7, 11) is 1.51. The number of halogens is 1. The van der Waals surface area contributed by atoms with Crippen LogP contribution >= 0.6 is 0 Å². The van der Waals surface area contributed by atoms with Crippen molar-refractivity contribution in [1.29, 1.82) is 0 Å². The van der Waals surface area contributed by atoms with Crippen LogP contribution in [0.3, 0.4) is 0 Å². The number of fused-ring (bicyclic) bond motifs is 2. The molecule has 110 valence electrons. The first kappa shape index (κ1) is 13.8. The molecule has 2 heterocycles. The molecule has 20 heavy (non-hydrogen) atoms. The highest BCUT2D eigenvalue weighted by Gasteiger charge is 2.45. The van der Waals surface area contributed by atoms with Crippen LogP contribution in [0.25, 0.3) is 0 Å². The molecule has 5 heteroatoms. The van der Waals surface area contributed by atoms with Crippen molar-refractivity contribution in [1.82, 2.24) is 0 Å². The number of hydrogen-bond acceptors (Lipinski definition) is 4. The lowest BCUT2D eigenvalue weighted by Crippen LogP contribution is -2.39. The molecule has 2 saturated heterocycles. The Morgan fingerprint density at radius 3 is 2.65 bits per heavy atom. The van der Waals surface area contributed by atoms with Crippen molar-refractivity contribution in [3.8, 4) is 5.75 Å². The van der Waals surface area contributed by atoms with Gasteiger partial charge in [-0.15, -0.1) is 0 Å². The molecule has 4 nitrogen and oxygen atoms in total. The fourth-order valence-electron chi connectivity index (χ4n) is 3.23. The van der Waals surface area contributed by atoms with Crippen molar-refractivity contribution in [2.75, 3.05) is 13.9 Å². The molecule has 2 unspecified atom stereocenters. The maximum absolute atomic E-state index is 14.3. The highest BCUT2D eigenvalue weighted by molar-refractivity contribution is 5.33. The lowest BCUT2D eigenvalue weighted by atomic mass is 9.83. The molecule has 0 saturated carbocycles. The zero-order valence-electron chi connectivity index (χ0n) is 11.5. The average Bonchev–Trinajstić information content (AvgIpc) is 2.76. The smallest absolute Gasteiger partial charge is 0.188 e. The molecule has 3 rings (SSSR count). The summed E-state index contributed by atoms with van der Waals surface area (Å²) < 4.78 is 29.9. The van der Waals surface area contributed by atoms with Gasteiger partial charge in [-0.2, -0.15) is 0 Å². The van der Waals surface area contributed by atoms with Crippen LogP contribution < -0.4 is 4.74 Å². The van der Waals surface area contributed by atoms with Crippen molar-refractivity contribution < 1.29 is 23.7 Å². The van der Waals surface area contributed by atoms with Gasteiger partial charge in [0.25, 0.3) is 0 Å². The minimum atomic E-state index is -1.13. The van der Waals surface area contributed by atoms with Crippen molar-refractivity contribution in [3.63, 3.8) is 0 Å². The largest absolute Gasteiger partial charge is 0.467 e. The van der Waals surface area contributed by atoms with Crippen molar-refractivity contribution >= 4 is 0 Å². The Bertz CT molecular complexity index is 479. The van der Waals surface area contributed by atoms with Crippen LogP contribution in [-0.4, -0.2) is 31.2 Å². The van der Waals surface area contributed by atoms with Gasteiger partial charge in [-0.1, -0.05) is 0 Å². The average molecular weight is 282 g/mol. The van der Waals surface area contributed by atoms with E-state index in [0.29, 0.717) is 24.2 Å². The Hall–Kier alpha value is -1.17. The molecule has 0 spiro atoms. The van der Waals surface area contributed by atoms with Gasteiger partial charge in [-0.25, -0.2) is 4.39 Å². The molecule has 2 atom stereocenters. The maximum atomic E-state index is 14.3. The van der Waals surface area contributed by atoms with Gasteiger partial charge in [0.05, 0.1) is 17.8 Å². The molecule has 0 amide bonds. The minimum absolute atomic E-state index is 0.0440. The maximum Gasteiger partial charge on any atom is 0.188 e. The summed E-state index contributed by atoms with van der Waals surface area (Å²) in [5.41, 5.74) is -0.795. The highest BCUT2D eigenvalue weighted by Crippen LogP contribution is 2.44. The fraction of sp³-hybridized carbons (Fsp3) is 0.600. The molecule has 2 aliphatic heterocycles. The van der Waals surface area contributed by atoms with E-state index in [9.17, 15) is 9.50 Å². The van der Waals surface area contributed by atoms with Gasteiger partial charge >= 0.3 is 0 Å². The van der Waals surface area contributed by atoms with Crippen LogP contribution in [0.5, 0.6) is 5.75 Å². The molecular formula is C15H19FO4. The van der Waals surface area contributed by atoms with Gasteiger partial charge in [0.15, 0.2) is 6.79 Å². The monoisotopic (exact) mass is 282 g/mol. The van der Waals surface area contributed by atoms with Gasteiger partial charge < -0.3 is 19.3 Å². The SMILES string of the molecule is COCOc1ccc(C2(O)CC3CCC(C2)O3)c(F)c1. The fourth-order valence-corrected chi connectivity index (χ4v) is 3.23. The van der Waals surface area contributed by atoms with Gasteiger partial charge in [0, 0.05) is 31.6 Å². The normalized spacial score (nSPS) is 32.4. The molecule has 1 aromatic rings. The molecule has 2 fully saturated rings. The molecule has 1 aromatic carbocycles. The third-order valence-corrected chi connectivity index (χ3v) is 4.11. The van der Waals surface area contributed by atoms with E-state index in [1.807, 2.05) is 0 Å². The van der Waals surface area contributed by atoms with E-state index in [0.717, 1.165) is 12.8 Å². The number of hydrogen-bond donors (Lipinski definition) is 1. The van der Waals surface area contributed by atoms with E-state index in [1.54, 1.807) is 12.1 Å². The molecule has 2 aliphatic rings. The van der Waals surface area contributed by atoms with Gasteiger partial charge in [-0.3, -0.25) is 0 Å². The van der Waals surface area contributed by atoms with Crippen LogP contribution in [0.15, 0.2) is 18.2 Å². The number of aliphatic hydroxyl groups is 1. The summed E-state index contributed by atoms with van der Waals surface area (Å²) in [5, 5.41) is 10.8. The number of rotatable bonds is 4. The van der Waals surface area contributed by atoms with E-state index in [-0.39, 0.29) is 19.0 Å². The van der Waals surface area contributed by atoms with E-state index < -0.39 is 11.4 Å². The first-order valence-electron chi connectivity index (χ1n) is 6.90. The van der Waals surface area contributed by atoms with E-state index in [4.69, 9.17) is 14.2 Å². The summed E-state index contributed by atoms with van der Waals surface area (Å²) in [6.45, 7) is 0.0705. The molecule has 1 N–H and O–H groups in total. The number of benzene rings is 1. The Morgan fingerprint density at radius 1 is 1.35 bits per heavy atom. The van der Waals surface area contributed by atoms with Crippen LogP contribution in [-0.2, 0) is 15.1 Å². The first-order valence-corrected chi connectivity index (χ1v) is 6.90. The minimum Gasteiger partial charge on any atom is -0.467 e. The molecule has 0 radical (unpaired) electrons.